The van der Waals surface area contributed by atoms with Crippen LogP contribution in [0.3, 0.4) is 0 Å². The molecule has 3 unspecified atom stereocenters. The number of carboxylic acids is 1. The van der Waals surface area contributed by atoms with E-state index < -0.39 is 29.2 Å². The van der Waals surface area contributed by atoms with Gasteiger partial charge in [0.1, 0.15) is 12.7 Å². The van der Waals surface area contributed by atoms with Crippen molar-refractivity contribution in [2.45, 2.75) is 45.1 Å². The molecule has 3 atom stereocenters. The van der Waals surface area contributed by atoms with E-state index in [9.17, 15) is 19.5 Å². The number of carboxylic acid groups (broad SMARTS) is 1. The molecule has 1 saturated heterocycles. The van der Waals surface area contributed by atoms with Gasteiger partial charge in [0.15, 0.2) is 0 Å². The Morgan fingerprint density at radius 2 is 2.00 bits per heavy atom. The molecule has 134 valence electrons. The van der Waals surface area contributed by atoms with Crippen LogP contribution in [0.1, 0.15) is 39.0 Å². The fourth-order valence-electron chi connectivity index (χ4n) is 3.17. The molecule has 1 aliphatic heterocycles. The van der Waals surface area contributed by atoms with Gasteiger partial charge >= 0.3 is 17.9 Å². The van der Waals surface area contributed by atoms with E-state index in [1.807, 2.05) is 0 Å². The number of hydrogen-bond donors (Lipinski definition) is 1. The van der Waals surface area contributed by atoms with Gasteiger partial charge in [0.2, 0.25) is 0 Å². The van der Waals surface area contributed by atoms with Crippen molar-refractivity contribution >= 4 is 17.9 Å². The van der Waals surface area contributed by atoms with E-state index in [1.54, 1.807) is 0 Å². The molecule has 1 aliphatic carbocycles. The molecule has 1 heterocycles. The average molecular weight is 340 g/mol. The maximum atomic E-state index is 12.7. The van der Waals surface area contributed by atoms with Crippen LogP contribution in [0, 0.1) is 11.3 Å². The summed E-state index contributed by atoms with van der Waals surface area (Å²) in [7, 11) is 0. The van der Waals surface area contributed by atoms with E-state index in [0.717, 1.165) is 12.8 Å². The Bertz CT molecular complexity index is 523. The topological polar surface area (TPSA) is 102 Å². The lowest BCUT2D eigenvalue weighted by Crippen LogP contribution is -2.47. The number of carbonyl (C=O) groups is 3. The molecule has 0 aromatic heterocycles. The van der Waals surface area contributed by atoms with Crippen LogP contribution in [0.4, 0.5) is 0 Å². The first-order valence-corrected chi connectivity index (χ1v) is 8.21. The highest BCUT2D eigenvalue weighted by molar-refractivity contribution is 5.87. The van der Waals surface area contributed by atoms with E-state index in [0.29, 0.717) is 19.4 Å². The van der Waals surface area contributed by atoms with Gasteiger partial charge in [-0.1, -0.05) is 19.4 Å². The maximum absolute atomic E-state index is 12.7. The normalized spacial score (nSPS) is 28.7. The minimum Gasteiger partial charge on any atom is -0.481 e. The molecule has 0 aromatic carbocycles. The number of ether oxygens (including phenoxy) is 3. The highest BCUT2D eigenvalue weighted by Crippen LogP contribution is 2.45. The minimum absolute atomic E-state index is 0.0372. The fourth-order valence-corrected chi connectivity index (χ4v) is 3.17. The molecular weight excluding hydrogens is 316 g/mol. The van der Waals surface area contributed by atoms with E-state index in [-0.39, 0.29) is 31.3 Å². The Labute approximate surface area is 140 Å². The number of aliphatic carboxylic acids is 1. The standard InChI is InChI=1S/C17H24O7/c1-11(2)15(20)22-8-7-17(16(21)24-10-12-9-23-12)6-4-3-5-13(17)14(18)19/h12-13H,1,3-10H2,2H3,(H,18,19). The second-order valence-corrected chi connectivity index (χ2v) is 6.51. The van der Waals surface area contributed by atoms with Gasteiger partial charge in [0.25, 0.3) is 0 Å². The number of esters is 2. The Kier molecular flexibility index (Phi) is 5.99. The van der Waals surface area contributed by atoms with E-state index >= 15 is 0 Å². The zero-order valence-electron chi connectivity index (χ0n) is 13.9. The summed E-state index contributed by atoms with van der Waals surface area (Å²) in [5.41, 5.74) is -0.898. The third kappa shape index (κ3) is 4.35. The lowest BCUT2D eigenvalue weighted by atomic mass is 9.64. The summed E-state index contributed by atoms with van der Waals surface area (Å²) in [4.78, 5) is 35.9. The zero-order chi connectivity index (χ0) is 17.7. The quantitative estimate of drug-likeness (QED) is 0.407. The molecule has 0 radical (unpaired) electrons. The van der Waals surface area contributed by atoms with Crippen LogP contribution in [0.25, 0.3) is 0 Å². The summed E-state index contributed by atoms with van der Waals surface area (Å²) in [5, 5.41) is 9.55. The van der Waals surface area contributed by atoms with E-state index in [4.69, 9.17) is 14.2 Å². The van der Waals surface area contributed by atoms with Crippen LogP contribution in [-0.2, 0) is 28.6 Å². The summed E-state index contributed by atoms with van der Waals surface area (Å²) in [6.45, 7) is 5.68. The molecule has 7 nitrogen and oxygen atoms in total. The molecule has 24 heavy (non-hydrogen) atoms. The SMILES string of the molecule is C=C(C)C(=O)OCCC1(C(=O)OCC2CO2)CCCCC1C(=O)O. The Morgan fingerprint density at radius 1 is 1.29 bits per heavy atom. The predicted octanol–water partition coefficient (Wildman–Crippen LogP) is 1.70. The number of rotatable bonds is 8. The summed E-state index contributed by atoms with van der Waals surface area (Å²) in [5.74, 6) is -2.92. The van der Waals surface area contributed by atoms with Crippen LogP contribution in [0.15, 0.2) is 12.2 Å². The summed E-state index contributed by atoms with van der Waals surface area (Å²) < 4.78 is 15.4. The van der Waals surface area contributed by atoms with E-state index in [2.05, 4.69) is 6.58 Å². The van der Waals surface area contributed by atoms with Crippen molar-refractivity contribution in [1.29, 1.82) is 0 Å². The molecule has 1 N–H and O–H groups in total. The Morgan fingerprint density at radius 3 is 2.58 bits per heavy atom. The fraction of sp³-hybridized carbons (Fsp3) is 0.706. The third-order valence-corrected chi connectivity index (χ3v) is 4.67. The highest BCUT2D eigenvalue weighted by Gasteiger charge is 2.51. The smallest absolute Gasteiger partial charge is 0.333 e. The molecule has 0 aromatic rings. The van der Waals surface area contributed by atoms with Crippen LogP contribution in [0.5, 0.6) is 0 Å². The number of hydrogen-bond acceptors (Lipinski definition) is 6. The van der Waals surface area contributed by atoms with Gasteiger partial charge in [-0.2, -0.15) is 0 Å². The molecule has 2 fully saturated rings. The van der Waals surface area contributed by atoms with Crippen molar-refractivity contribution in [3.05, 3.63) is 12.2 Å². The first-order chi connectivity index (χ1) is 11.4. The van der Waals surface area contributed by atoms with Crippen molar-refractivity contribution in [1.82, 2.24) is 0 Å². The lowest BCUT2D eigenvalue weighted by molar-refractivity contribution is -0.173. The summed E-state index contributed by atoms with van der Waals surface area (Å²) >= 11 is 0. The first-order valence-electron chi connectivity index (χ1n) is 8.21. The van der Waals surface area contributed by atoms with Crippen molar-refractivity contribution in [2.75, 3.05) is 19.8 Å². The van der Waals surface area contributed by atoms with Crippen LogP contribution >= 0.6 is 0 Å². The molecular formula is C17H24O7. The molecule has 0 amide bonds. The van der Waals surface area contributed by atoms with Gasteiger partial charge in [-0.15, -0.1) is 0 Å². The average Bonchev–Trinajstić information content (AvgIpc) is 3.36. The largest absolute Gasteiger partial charge is 0.481 e. The second-order valence-electron chi connectivity index (χ2n) is 6.51. The van der Waals surface area contributed by atoms with Crippen molar-refractivity contribution in [3.63, 3.8) is 0 Å². The van der Waals surface area contributed by atoms with Gasteiger partial charge in [0, 0.05) is 5.57 Å². The lowest BCUT2D eigenvalue weighted by Gasteiger charge is -2.39. The second kappa shape index (κ2) is 7.79. The van der Waals surface area contributed by atoms with Crippen LogP contribution in [-0.4, -0.2) is 48.9 Å². The van der Waals surface area contributed by atoms with Crippen molar-refractivity contribution < 1.29 is 33.7 Å². The molecule has 2 rings (SSSR count). The maximum Gasteiger partial charge on any atom is 0.333 e. The van der Waals surface area contributed by atoms with E-state index in [1.165, 1.54) is 6.92 Å². The van der Waals surface area contributed by atoms with Crippen LogP contribution < -0.4 is 0 Å². The van der Waals surface area contributed by atoms with Crippen LogP contribution in [0.2, 0.25) is 0 Å². The van der Waals surface area contributed by atoms with Gasteiger partial charge < -0.3 is 19.3 Å². The Balaban J connectivity index is 2.08. The molecule has 7 heteroatoms. The third-order valence-electron chi connectivity index (χ3n) is 4.67. The summed E-state index contributed by atoms with van der Waals surface area (Å²) in [6.07, 6.45) is 2.38. The van der Waals surface area contributed by atoms with Gasteiger partial charge in [-0.05, 0) is 26.2 Å². The monoisotopic (exact) mass is 340 g/mol. The molecule has 0 bridgehead atoms. The molecule has 1 saturated carbocycles. The number of carbonyl (C=O) groups excluding carboxylic acids is 2. The summed E-state index contributed by atoms with van der Waals surface area (Å²) in [6, 6.07) is 0. The predicted molar refractivity (Wildman–Crippen MR) is 83.1 cm³/mol. The van der Waals surface area contributed by atoms with Gasteiger partial charge in [0.05, 0.1) is 24.5 Å². The minimum atomic E-state index is -1.16. The van der Waals surface area contributed by atoms with Gasteiger partial charge in [-0.3, -0.25) is 9.59 Å². The Hall–Kier alpha value is -1.89. The first kappa shape index (κ1) is 18.4. The van der Waals surface area contributed by atoms with Crippen molar-refractivity contribution in [2.24, 2.45) is 11.3 Å². The molecule has 2 aliphatic rings. The zero-order valence-corrected chi connectivity index (χ0v) is 13.9. The highest BCUT2D eigenvalue weighted by atomic mass is 16.6. The molecule has 0 spiro atoms. The number of epoxide rings is 1. The van der Waals surface area contributed by atoms with Gasteiger partial charge in [-0.25, -0.2) is 4.79 Å². The van der Waals surface area contributed by atoms with Crippen molar-refractivity contribution in [3.8, 4) is 0 Å².